The Balaban J connectivity index is 1.67. The van der Waals surface area contributed by atoms with Gasteiger partial charge in [0.1, 0.15) is 0 Å². The molecule has 1 aliphatic heterocycles. The number of piperazine rings is 1. The molecule has 4 rings (SSSR count). The fourth-order valence-corrected chi connectivity index (χ4v) is 3.64. The van der Waals surface area contributed by atoms with Gasteiger partial charge in [0.25, 0.3) is 5.91 Å². The molecule has 0 aliphatic carbocycles. The monoisotopic (exact) mass is 389 g/mol. The van der Waals surface area contributed by atoms with Crippen LogP contribution in [0.15, 0.2) is 47.1 Å². The molecule has 1 amide bonds. The minimum atomic E-state index is -0.277. The molecule has 26 heavy (non-hydrogen) atoms. The third-order valence-corrected chi connectivity index (χ3v) is 4.97. The number of halogens is 2. The zero-order chi connectivity index (χ0) is 18.1. The molecule has 3 aromatic rings. The number of carbonyl (C=O) groups excluding carboxylic acids is 1. The molecule has 1 saturated heterocycles. The van der Waals surface area contributed by atoms with Crippen molar-refractivity contribution in [3.63, 3.8) is 0 Å². The summed E-state index contributed by atoms with van der Waals surface area (Å²) in [5, 5.41) is 8.02. The van der Waals surface area contributed by atoms with Crippen molar-refractivity contribution in [3.8, 4) is 0 Å². The lowest BCUT2D eigenvalue weighted by Gasteiger charge is -2.29. The highest BCUT2D eigenvalue weighted by Crippen LogP contribution is 2.32. The predicted molar refractivity (Wildman–Crippen MR) is 106 cm³/mol. The van der Waals surface area contributed by atoms with E-state index >= 15 is 0 Å². The molecule has 0 unspecified atom stereocenters. The number of amides is 1. The molecule has 1 aromatic heterocycles. The molecule has 0 atom stereocenters. The Morgan fingerprint density at radius 2 is 1.92 bits per heavy atom. The summed E-state index contributed by atoms with van der Waals surface area (Å²) in [6, 6.07) is 10.6. The van der Waals surface area contributed by atoms with Crippen LogP contribution in [-0.2, 0) is 0 Å². The van der Waals surface area contributed by atoms with E-state index in [1.807, 2.05) is 18.2 Å². The second kappa shape index (κ2) is 7.19. The van der Waals surface area contributed by atoms with Crippen LogP contribution in [0.4, 0.5) is 11.4 Å². The molecule has 2 heterocycles. The lowest BCUT2D eigenvalue weighted by atomic mass is 10.1. The van der Waals surface area contributed by atoms with Crippen LogP contribution in [0, 0.1) is 0 Å². The van der Waals surface area contributed by atoms with E-state index in [1.54, 1.807) is 24.5 Å². The summed E-state index contributed by atoms with van der Waals surface area (Å²) in [5.74, 6) is -0.277. The Kier molecular flexibility index (Phi) is 4.76. The highest BCUT2D eigenvalue weighted by molar-refractivity contribution is 6.37. The fraction of sp³-hybridized carbons (Fsp3) is 0.211. The molecule has 0 bridgehead atoms. The molecule has 7 heteroatoms. The first kappa shape index (κ1) is 17.2. The number of anilines is 2. The molecular weight excluding hydrogens is 373 g/mol. The number of benzene rings is 2. The van der Waals surface area contributed by atoms with Crippen LogP contribution in [-0.4, -0.2) is 32.1 Å². The van der Waals surface area contributed by atoms with Crippen molar-refractivity contribution in [2.24, 2.45) is 0 Å². The van der Waals surface area contributed by atoms with Crippen LogP contribution in [0.2, 0.25) is 10.0 Å². The zero-order valence-corrected chi connectivity index (χ0v) is 15.4. The van der Waals surface area contributed by atoms with Crippen molar-refractivity contribution in [1.29, 1.82) is 0 Å². The van der Waals surface area contributed by atoms with E-state index < -0.39 is 0 Å². The van der Waals surface area contributed by atoms with Crippen molar-refractivity contribution in [2.75, 3.05) is 36.4 Å². The van der Waals surface area contributed by atoms with Gasteiger partial charge in [-0.2, -0.15) is 0 Å². The first-order valence-electron chi connectivity index (χ1n) is 8.35. The summed E-state index contributed by atoms with van der Waals surface area (Å²) >= 11 is 12.1. The topological polar surface area (TPSA) is 57.5 Å². The van der Waals surface area contributed by atoms with Crippen LogP contribution in [0.5, 0.6) is 0 Å². The molecule has 2 aromatic carbocycles. The van der Waals surface area contributed by atoms with Gasteiger partial charge in [-0.25, -0.2) is 0 Å². The van der Waals surface area contributed by atoms with Crippen molar-refractivity contribution in [1.82, 2.24) is 5.32 Å². The molecule has 0 spiro atoms. The third kappa shape index (κ3) is 3.38. The largest absolute Gasteiger partial charge is 0.462 e. The molecule has 0 radical (unpaired) electrons. The molecule has 1 fully saturated rings. The quantitative estimate of drug-likeness (QED) is 0.696. The van der Waals surface area contributed by atoms with E-state index in [2.05, 4.69) is 15.5 Å². The van der Waals surface area contributed by atoms with Gasteiger partial charge in [0, 0.05) is 42.3 Å². The first-order chi connectivity index (χ1) is 12.6. The molecule has 2 N–H and O–H groups in total. The summed E-state index contributed by atoms with van der Waals surface area (Å²) in [4.78, 5) is 14.9. The summed E-state index contributed by atoms with van der Waals surface area (Å²) in [6.07, 6.45) is 1.66. The van der Waals surface area contributed by atoms with Crippen molar-refractivity contribution in [2.45, 2.75) is 0 Å². The van der Waals surface area contributed by atoms with Crippen LogP contribution >= 0.6 is 23.2 Å². The van der Waals surface area contributed by atoms with E-state index in [4.69, 9.17) is 27.6 Å². The van der Waals surface area contributed by atoms with Crippen LogP contribution in [0.25, 0.3) is 11.0 Å². The Morgan fingerprint density at radius 3 is 2.69 bits per heavy atom. The van der Waals surface area contributed by atoms with Gasteiger partial charge in [-0.1, -0.05) is 23.2 Å². The number of nitrogens with one attached hydrogen (secondary N) is 2. The minimum absolute atomic E-state index is 0.277. The molecule has 134 valence electrons. The van der Waals surface area contributed by atoms with Gasteiger partial charge >= 0.3 is 0 Å². The standard InChI is InChI=1S/C19H17Cl2N3O2/c20-13-1-2-15(16(21)10-13)19(25)23-14-9-12-3-8-26-18(12)17(11-14)24-6-4-22-5-7-24/h1-3,8-11,22H,4-7H2,(H,23,25). The summed E-state index contributed by atoms with van der Waals surface area (Å²) in [7, 11) is 0. The highest BCUT2D eigenvalue weighted by atomic mass is 35.5. The number of rotatable bonds is 3. The molecule has 1 aliphatic rings. The maximum Gasteiger partial charge on any atom is 0.257 e. The fourth-order valence-electron chi connectivity index (χ4n) is 3.15. The average molecular weight is 390 g/mol. The lowest BCUT2D eigenvalue weighted by molar-refractivity contribution is 0.102. The Hall–Kier alpha value is -2.21. The van der Waals surface area contributed by atoms with Crippen LogP contribution < -0.4 is 15.5 Å². The second-order valence-corrected chi connectivity index (χ2v) is 6.99. The summed E-state index contributed by atoms with van der Waals surface area (Å²) in [5.41, 5.74) is 2.89. The maximum atomic E-state index is 12.6. The van der Waals surface area contributed by atoms with E-state index in [9.17, 15) is 4.79 Å². The molecule has 5 nitrogen and oxygen atoms in total. The van der Waals surface area contributed by atoms with Crippen molar-refractivity contribution in [3.05, 3.63) is 58.3 Å². The van der Waals surface area contributed by atoms with Gasteiger partial charge in [0.05, 0.1) is 22.5 Å². The lowest BCUT2D eigenvalue weighted by Crippen LogP contribution is -2.43. The van der Waals surface area contributed by atoms with Gasteiger partial charge in [0.15, 0.2) is 5.58 Å². The van der Waals surface area contributed by atoms with Crippen molar-refractivity contribution < 1.29 is 9.21 Å². The molecule has 0 saturated carbocycles. The van der Waals surface area contributed by atoms with E-state index in [0.717, 1.165) is 42.8 Å². The van der Waals surface area contributed by atoms with Gasteiger partial charge in [-0.15, -0.1) is 0 Å². The minimum Gasteiger partial charge on any atom is -0.462 e. The third-order valence-electron chi connectivity index (χ3n) is 4.42. The van der Waals surface area contributed by atoms with E-state index in [1.165, 1.54) is 0 Å². The number of furan rings is 1. The van der Waals surface area contributed by atoms with Gasteiger partial charge in [-0.05, 0) is 36.4 Å². The summed E-state index contributed by atoms with van der Waals surface area (Å²) in [6.45, 7) is 3.60. The maximum absolute atomic E-state index is 12.6. The number of carbonyl (C=O) groups is 1. The number of fused-ring (bicyclic) bond motifs is 1. The number of hydrogen-bond acceptors (Lipinski definition) is 4. The van der Waals surface area contributed by atoms with E-state index in [-0.39, 0.29) is 5.91 Å². The number of nitrogens with zero attached hydrogens (tertiary/aromatic N) is 1. The van der Waals surface area contributed by atoms with Gasteiger partial charge in [0.2, 0.25) is 0 Å². The van der Waals surface area contributed by atoms with Gasteiger partial charge < -0.3 is 20.0 Å². The smallest absolute Gasteiger partial charge is 0.257 e. The van der Waals surface area contributed by atoms with Gasteiger partial charge in [-0.3, -0.25) is 4.79 Å². The summed E-state index contributed by atoms with van der Waals surface area (Å²) < 4.78 is 5.67. The Bertz CT molecular complexity index is 965. The van der Waals surface area contributed by atoms with E-state index in [0.29, 0.717) is 21.3 Å². The highest BCUT2D eigenvalue weighted by Gasteiger charge is 2.18. The van der Waals surface area contributed by atoms with Crippen LogP contribution in [0.1, 0.15) is 10.4 Å². The number of hydrogen-bond donors (Lipinski definition) is 2. The molecular formula is C19H17Cl2N3O2. The zero-order valence-electron chi connectivity index (χ0n) is 13.9. The van der Waals surface area contributed by atoms with Crippen LogP contribution in [0.3, 0.4) is 0 Å². The normalized spacial score (nSPS) is 14.6. The van der Waals surface area contributed by atoms with Crippen molar-refractivity contribution >= 4 is 51.5 Å². The second-order valence-electron chi connectivity index (χ2n) is 6.15. The average Bonchev–Trinajstić information content (AvgIpc) is 3.10. The predicted octanol–water partition coefficient (Wildman–Crippen LogP) is 4.40. The Morgan fingerprint density at radius 1 is 1.12 bits per heavy atom. The Labute approximate surface area is 160 Å². The SMILES string of the molecule is O=C(Nc1cc(N2CCNCC2)c2occc2c1)c1ccc(Cl)cc1Cl. The first-order valence-corrected chi connectivity index (χ1v) is 9.11.